The van der Waals surface area contributed by atoms with Crippen LogP contribution < -0.4 is 0 Å². The Bertz CT molecular complexity index is 29.2. The predicted octanol–water partition coefficient (Wildman–Crippen LogP) is 0.373. The first kappa shape index (κ1) is 17.6. The van der Waals surface area contributed by atoms with Crippen LogP contribution in [0.5, 0.6) is 0 Å². The van der Waals surface area contributed by atoms with Crippen molar-refractivity contribution in [1.82, 2.24) is 0 Å². The third kappa shape index (κ3) is 299. The third-order valence-corrected chi connectivity index (χ3v) is 0. The van der Waals surface area contributed by atoms with Crippen molar-refractivity contribution in [2.45, 2.75) is 34.5 Å². The van der Waals surface area contributed by atoms with Gasteiger partial charge in [0, 0.05) is 0 Å². The summed E-state index contributed by atoms with van der Waals surface area (Å²) in [5.41, 5.74) is 0. The van der Waals surface area contributed by atoms with E-state index in [4.69, 9.17) is 0 Å². The predicted molar refractivity (Wildman–Crippen MR) is 66.6 cm³/mol. The molecule has 0 saturated carbocycles. The van der Waals surface area contributed by atoms with Gasteiger partial charge in [0.2, 0.25) is 0 Å². The van der Waals surface area contributed by atoms with Gasteiger partial charge in [-0.15, -0.1) is 0 Å². The van der Waals surface area contributed by atoms with Crippen molar-refractivity contribution in [3.8, 4) is 0 Å². The fraction of sp³-hybridized carbons (Fsp3) is 1.00. The second-order valence-electron chi connectivity index (χ2n) is 3.00. The summed E-state index contributed by atoms with van der Waals surface area (Å²) in [5, 5.41) is 0. The van der Waals surface area contributed by atoms with E-state index < -0.39 is 0 Å². The minimum Gasteiger partial charge on any atom is -0.0125 e. The largest absolute Gasteiger partial charge is 0.0125 e. The Kier molecular flexibility index (Phi) is 29.6. The molecule has 0 fully saturated rings. The molecule has 0 aliphatic heterocycles. The first-order valence-corrected chi connectivity index (χ1v) is 24.6. The fourth-order valence-corrected chi connectivity index (χ4v) is 0. The van der Waals surface area contributed by atoms with E-state index in [1.165, 1.54) is 19.5 Å². The van der Waals surface area contributed by atoms with Crippen LogP contribution in [0.4, 0.5) is 0 Å². The van der Waals surface area contributed by atoms with Gasteiger partial charge in [0.05, 0.1) is 0 Å². The Balaban J connectivity index is -0.0000000787. The van der Waals surface area contributed by atoms with E-state index >= 15 is 0 Å². The Hall–Kier alpha value is 1.52. The Morgan fingerprint density at radius 3 is 0.600 bits per heavy atom. The van der Waals surface area contributed by atoms with Gasteiger partial charge in [-0.05, 0) is 19.5 Å². The maximum Gasteiger partial charge on any atom is -0.0125 e. The molecule has 0 aliphatic rings. The summed E-state index contributed by atoms with van der Waals surface area (Å²) < 4.78 is 0. The Labute approximate surface area is 82.4 Å². The summed E-state index contributed by atoms with van der Waals surface area (Å²) in [7, 11) is 2.89. The summed E-state index contributed by atoms with van der Waals surface area (Å²) in [6.07, 6.45) is 0. The molecule has 0 N–H and O–H groups in total. The van der Waals surface area contributed by atoms with Gasteiger partial charge in [-0.2, -0.15) is 0 Å². The fourth-order valence-electron chi connectivity index (χ4n) is 0. The van der Waals surface area contributed by atoms with Crippen LogP contribution in [-0.4, -0.2) is 48.2 Å². The van der Waals surface area contributed by atoms with Gasteiger partial charge < -0.3 is 0 Å². The van der Waals surface area contributed by atoms with Crippen LogP contribution >= 0.6 is 0 Å². The molecule has 0 heterocycles. The van der Waals surface area contributed by atoms with Crippen molar-refractivity contribution in [1.29, 1.82) is 0 Å². The summed E-state index contributed by atoms with van der Waals surface area (Å²) >= 11 is -0.667. The molecule has 4 heteroatoms. The van der Waals surface area contributed by atoms with Gasteiger partial charge in [-0.1, -0.05) is 0 Å². The molecule has 0 aromatic rings. The molecule has 0 unspecified atom stereocenters. The summed E-state index contributed by atoms with van der Waals surface area (Å²) in [4.78, 5) is 0. The average Bonchev–Trinajstić information content (AvgIpc) is 1.66. The van der Waals surface area contributed by atoms with Gasteiger partial charge in [0.1, 0.15) is 0 Å². The first-order valence-electron chi connectivity index (χ1n) is 4.00. The second kappa shape index (κ2) is 16.9. The van der Waals surface area contributed by atoms with Crippen molar-refractivity contribution in [2.75, 3.05) is 0 Å². The van der Waals surface area contributed by atoms with E-state index in [2.05, 4.69) is 34.5 Å². The molecule has 0 nitrogen and oxygen atoms in total. The molecule has 0 aromatic heterocycles. The van der Waals surface area contributed by atoms with E-state index in [1.54, 1.807) is 0 Å². The molecule has 0 aromatic carbocycles. The normalized spacial score (nSPS) is 8.40. The molecule has 0 aliphatic carbocycles. The van der Waals surface area contributed by atoms with E-state index in [0.717, 1.165) is 0 Å². The summed E-state index contributed by atoms with van der Waals surface area (Å²) in [6, 6.07) is 0. The molecule has 64 valence electrons. The molecule has 0 rings (SSSR count). The molecule has 2 radical (unpaired) electrons. The molecule has 0 spiro atoms. The Morgan fingerprint density at radius 2 is 0.600 bits per heavy atom. The average molecular weight is 298 g/mol. The van der Waals surface area contributed by atoms with E-state index in [9.17, 15) is 0 Å². The number of hydrogen-bond donors (Lipinski definition) is 0. The monoisotopic (exact) mass is 300 g/mol. The molecule has 0 bridgehead atoms. The molecular weight excluding hydrogens is 273 g/mol. The van der Waals surface area contributed by atoms with Crippen molar-refractivity contribution >= 4 is 48.2 Å². The van der Waals surface area contributed by atoms with E-state index in [1.807, 2.05) is 0 Å². The smallest absolute Gasteiger partial charge is 0.0125 e. The maximum absolute atomic E-state index is 2.33. The Morgan fingerprint density at radius 1 is 0.600 bits per heavy atom. The van der Waals surface area contributed by atoms with Crippen LogP contribution in [0, 0.1) is 0 Å². The van der Waals surface area contributed by atoms with Crippen molar-refractivity contribution in [2.24, 2.45) is 0 Å². The third-order valence-electron chi connectivity index (χ3n) is 0. The van der Waals surface area contributed by atoms with Crippen LogP contribution in [0.3, 0.4) is 0 Å². The molecular formula is C6H24Ge2Si2. The van der Waals surface area contributed by atoms with Gasteiger partial charge >= 0.3 is 63.2 Å². The minimum atomic E-state index is -0.333. The SMILES string of the molecule is [CH3][Ge]([CH3])[CH3].[CH3][Ge]([CH3])[CH3].[SiH3][SiH3]. The van der Waals surface area contributed by atoms with Gasteiger partial charge in [0.25, 0.3) is 0 Å². The van der Waals surface area contributed by atoms with Crippen LogP contribution in [0.2, 0.25) is 34.5 Å². The zero-order valence-corrected chi connectivity index (χ0v) is 17.2. The van der Waals surface area contributed by atoms with Gasteiger partial charge in [-0.3, -0.25) is 0 Å². The van der Waals surface area contributed by atoms with Crippen LogP contribution in [0.15, 0.2) is 0 Å². The minimum absolute atomic E-state index is 0.333. The van der Waals surface area contributed by atoms with Gasteiger partial charge in [-0.25, -0.2) is 0 Å². The van der Waals surface area contributed by atoms with Gasteiger partial charge in [0.15, 0.2) is 0 Å². The zero-order chi connectivity index (χ0) is 9.15. The standard InChI is InChI=1S/2C3H9Ge.H6Si2/c2*1-4(2)3;1-2/h2*1-3H3;1-2H3. The number of rotatable bonds is 0. The topological polar surface area (TPSA) is 0 Å². The molecule has 0 saturated heterocycles. The van der Waals surface area contributed by atoms with Crippen LogP contribution in [-0.2, 0) is 0 Å². The van der Waals surface area contributed by atoms with E-state index in [0.29, 0.717) is 0 Å². The first-order chi connectivity index (χ1) is 4.46. The molecule has 0 atom stereocenters. The maximum atomic E-state index is 2.33. The summed E-state index contributed by atoms with van der Waals surface area (Å²) in [6.45, 7) is 0. The molecule has 0 amide bonds. The summed E-state index contributed by atoms with van der Waals surface area (Å²) in [5.74, 6) is 14.0. The van der Waals surface area contributed by atoms with Crippen LogP contribution in [0.25, 0.3) is 0 Å². The van der Waals surface area contributed by atoms with Crippen molar-refractivity contribution < 1.29 is 0 Å². The number of hydrogen-bond acceptors (Lipinski definition) is 0. The zero-order valence-electron chi connectivity index (χ0n) is 9.00. The second-order valence-corrected chi connectivity index (χ2v) is 15.6. The van der Waals surface area contributed by atoms with Crippen molar-refractivity contribution in [3.05, 3.63) is 0 Å². The van der Waals surface area contributed by atoms with Crippen LogP contribution in [0.1, 0.15) is 0 Å². The molecule has 10 heavy (non-hydrogen) atoms. The van der Waals surface area contributed by atoms with E-state index in [-0.39, 0.29) is 28.7 Å². The quantitative estimate of drug-likeness (QED) is 0.567. The van der Waals surface area contributed by atoms with Crippen molar-refractivity contribution in [3.63, 3.8) is 0 Å².